The van der Waals surface area contributed by atoms with Crippen molar-refractivity contribution in [1.29, 1.82) is 0 Å². The molecule has 2 unspecified atom stereocenters. The van der Waals surface area contributed by atoms with Gasteiger partial charge in [-0.05, 0) is 50.5 Å². The Morgan fingerprint density at radius 3 is 2.48 bits per heavy atom. The summed E-state index contributed by atoms with van der Waals surface area (Å²) in [7, 11) is 0. The molecular formula is C21H30N4O3S. The summed E-state index contributed by atoms with van der Waals surface area (Å²) in [5.41, 5.74) is 0. The minimum atomic E-state index is -0.361. The van der Waals surface area contributed by atoms with E-state index in [-0.39, 0.29) is 29.8 Å². The van der Waals surface area contributed by atoms with Crippen molar-refractivity contribution in [2.45, 2.75) is 57.2 Å². The predicted molar refractivity (Wildman–Crippen MR) is 112 cm³/mol. The Hall–Kier alpha value is -1.93. The Kier molecular flexibility index (Phi) is 6.20. The molecule has 3 aliphatic rings. The molecule has 1 saturated carbocycles. The number of rotatable bonds is 5. The number of nitrogens with zero attached hydrogens (tertiary/aromatic N) is 3. The monoisotopic (exact) mass is 418 g/mol. The van der Waals surface area contributed by atoms with E-state index in [1.54, 1.807) is 4.90 Å². The summed E-state index contributed by atoms with van der Waals surface area (Å²) in [5.74, 6) is 0.124. The molecule has 8 heteroatoms. The molecule has 2 saturated heterocycles. The van der Waals surface area contributed by atoms with E-state index in [2.05, 4.69) is 10.2 Å². The van der Waals surface area contributed by atoms with Crippen molar-refractivity contribution in [3.8, 4) is 0 Å². The normalized spacial score (nSPS) is 24.2. The molecule has 1 N–H and O–H groups in total. The van der Waals surface area contributed by atoms with Crippen LogP contribution in [0.3, 0.4) is 0 Å². The third kappa shape index (κ3) is 4.64. The van der Waals surface area contributed by atoms with E-state index in [9.17, 15) is 14.4 Å². The smallest absolute Gasteiger partial charge is 0.264 e. The Morgan fingerprint density at radius 2 is 1.83 bits per heavy atom. The fourth-order valence-corrected chi connectivity index (χ4v) is 4.91. The van der Waals surface area contributed by atoms with Gasteiger partial charge in [-0.1, -0.05) is 6.07 Å². The third-order valence-electron chi connectivity index (χ3n) is 6.26. The Bertz CT molecular complexity index is 741. The highest BCUT2D eigenvalue weighted by molar-refractivity contribution is 7.12. The Labute approximate surface area is 176 Å². The first kappa shape index (κ1) is 20.3. The quantitative estimate of drug-likeness (QED) is 0.788. The lowest BCUT2D eigenvalue weighted by Crippen LogP contribution is -2.59. The lowest BCUT2D eigenvalue weighted by Gasteiger charge is -2.41. The van der Waals surface area contributed by atoms with Crippen LogP contribution in [0.15, 0.2) is 17.5 Å². The van der Waals surface area contributed by atoms with Crippen molar-refractivity contribution < 1.29 is 14.4 Å². The maximum absolute atomic E-state index is 13.2. The van der Waals surface area contributed by atoms with Crippen LogP contribution in [0, 0.1) is 0 Å². The van der Waals surface area contributed by atoms with E-state index in [4.69, 9.17) is 0 Å². The number of hydrogen-bond acceptors (Lipinski definition) is 5. The molecule has 29 heavy (non-hydrogen) atoms. The number of piperazine rings is 1. The van der Waals surface area contributed by atoms with Gasteiger partial charge in [0.2, 0.25) is 11.8 Å². The summed E-state index contributed by atoms with van der Waals surface area (Å²) >= 11 is 1.43. The first-order valence-electron chi connectivity index (χ1n) is 10.7. The van der Waals surface area contributed by atoms with Crippen LogP contribution in [0.4, 0.5) is 0 Å². The minimum absolute atomic E-state index is 0.0259. The maximum atomic E-state index is 13.2. The zero-order valence-corrected chi connectivity index (χ0v) is 17.8. The molecule has 2 aliphatic heterocycles. The molecule has 1 aliphatic carbocycles. The molecule has 2 atom stereocenters. The van der Waals surface area contributed by atoms with Gasteiger partial charge >= 0.3 is 0 Å². The van der Waals surface area contributed by atoms with Gasteiger partial charge in [0.25, 0.3) is 5.91 Å². The molecule has 1 aromatic rings. The fourth-order valence-electron chi connectivity index (χ4n) is 4.23. The van der Waals surface area contributed by atoms with E-state index in [1.807, 2.05) is 29.3 Å². The standard InChI is InChI=1S/C21H30N4O3S/c1-15(19(26)22-16-7-8-16)23-10-12-24(13-11-23)20(27)17-5-2-3-9-25(17)21(28)18-6-4-14-29-18/h4,6,14-17H,2-3,5,7-13H2,1H3,(H,22,26). The molecule has 3 heterocycles. The van der Waals surface area contributed by atoms with Crippen LogP contribution in [-0.2, 0) is 9.59 Å². The van der Waals surface area contributed by atoms with Gasteiger partial charge in [0.1, 0.15) is 6.04 Å². The average molecular weight is 419 g/mol. The van der Waals surface area contributed by atoms with Gasteiger partial charge in [0.05, 0.1) is 10.9 Å². The largest absolute Gasteiger partial charge is 0.352 e. The number of amides is 3. The first-order valence-corrected chi connectivity index (χ1v) is 11.6. The predicted octanol–water partition coefficient (Wildman–Crippen LogP) is 1.55. The molecule has 0 aromatic carbocycles. The molecule has 0 spiro atoms. The highest BCUT2D eigenvalue weighted by Crippen LogP contribution is 2.24. The van der Waals surface area contributed by atoms with Crippen LogP contribution in [0.5, 0.6) is 0 Å². The van der Waals surface area contributed by atoms with Crippen LogP contribution in [0.2, 0.25) is 0 Å². The molecule has 4 rings (SSSR count). The van der Waals surface area contributed by atoms with Crippen molar-refractivity contribution in [1.82, 2.24) is 20.0 Å². The minimum Gasteiger partial charge on any atom is -0.352 e. The summed E-state index contributed by atoms with van der Waals surface area (Å²) in [5, 5.41) is 4.96. The SMILES string of the molecule is CC(C(=O)NC1CC1)N1CCN(C(=O)C2CCCCN2C(=O)c2cccs2)CC1. The highest BCUT2D eigenvalue weighted by atomic mass is 32.1. The Morgan fingerprint density at radius 1 is 1.07 bits per heavy atom. The maximum Gasteiger partial charge on any atom is 0.264 e. The summed E-state index contributed by atoms with van der Waals surface area (Å²) in [6.07, 6.45) is 4.83. The molecule has 3 amide bonds. The fraction of sp³-hybridized carbons (Fsp3) is 0.667. The summed E-state index contributed by atoms with van der Waals surface area (Å²) < 4.78 is 0. The zero-order valence-electron chi connectivity index (χ0n) is 17.0. The molecule has 3 fully saturated rings. The lowest BCUT2D eigenvalue weighted by molar-refractivity contribution is -0.139. The lowest BCUT2D eigenvalue weighted by atomic mass is 10.00. The number of hydrogen-bond donors (Lipinski definition) is 1. The van der Waals surface area contributed by atoms with Gasteiger partial charge in [0.15, 0.2) is 0 Å². The van der Waals surface area contributed by atoms with Gasteiger partial charge in [-0.25, -0.2) is 0 Å². The highest BCUT2D eigenvalue weighted by Gasteiger charge is 2.37. The number of thiophene rings is 1. The van der Waals surface area contributed by atoms with E-state index in [0.717, 1.165) is 32.1 Å². The van der Waals surface area contributed by atoms with Crippen LogP contribution < -0.4 is 5.32 Å². The zero-order chi connectivity index (χ0) is 20.4. The second-order valence-corrected chi connectivity index (χ2v) is 9.26. The van der Waals surface area contributed by atoms with Crippen molar-refractivity contribution in [3.63, 3.8) is 0 Å². The molecule has 1 aromatic heterocycles. The number of nitrogens with one attached hydrogen (secondary N) is 1. The van der Waals surface area contributed by atoms with Crippen molar-refractivity contribution in [2.75, 3.05) is 32.7 Å². The van der Waals surface area contributed by atoms with Crippen LogP contribution in [-0.4, -0.2) is 83.3 Å². The first-order chi connectivity index (χ1) is 14.0. The number of carbonyl (C=O) groups is 3. The van der Waals surface area contributed by atoms with Crippen LogP contribution >= 0.6 is 11.3 Å². The Balaban J connectivity index is 1.34. The van der Waals surface area contributed by atoms with E-state index in [0.29, 0.717) is 43.6 Å². The van der Waals surface area contributed by atoms with Crippen molar-refractivity contribution in [3.05, 3.63) is 22.4 Å². The third-order valence-corrected chi connectivity index (χ3v) is 7.12. The molecule has 0 bridgehead atoms. The van der Waals surface area contributed by atoms with Crippen LogP contribution in [0.25, 0.3) is 0 Å². The average Bonchev–Trinajstić information content (AvgIpc) is 3.40. The van der Waals surface area contributed by atoms with Gasteiger partial charge in [-0.15, -0.1) is 11.3 Å². The van der Waals surface area contributed by atoms with Crippen LogP contribution in [0.1, 0.15) is 48.7 Å². The van der Waals surface area contributed by atoms with Gasteiger partial charge in [-0.2, -0.15) is 0 Å². The van der Waals surface area contributed by atoms with Crippen molar-refractivity contribution >= 4 is 29.1 Å². The molecule has 7 nitrogen and oxygen atoms in total. The van der Waals surface area contributed by atoms with Gasteiger partial charge in [0, 0.05) is 38.8 Å². The topological polar surface area (TPSA) is 73.0 Å². The second kappa shape index (κ2) is 8.83. The molecular weight excluding hydrogens is 388 g/mol. The number of carbonyl (C=O) groups excluding carboxylic acids is 3. The molecule has 158 valence electrons. The van der Waals surface area contributed by atoms with Gasteiger partial charge in [-0.3, -0.25) is 19.3 Å². The van der Waals surface area contributed by atoms with E-state index < -0.39 is 0 Å². The van der Waals surface area contributed by atoms with Gasteiger partial charge < -0.3 is 15.1 Å². The second-order valence-electron chi connectivity index (χ2n) is 8.31. The summed E-state index contributed by atoms with van der Waals surface area (Å²) in [6.45, 7) is 5.19. The summed E-state index contributed by atoms with van der Waals surface area (Å²) in [6, 6.07) is 3.54. The number of likely N-dealkylation sites (tertiary alicyclic amines) is 1. The number of piperidine rings is 1. The van der Waals surface area contributed by atoms with E-state index >= 15 is 0 Å². The van der Waals surface area contributed by atoms with Crippen molar-refractivity contribution in [2.24, 2.45) is 0 Å². The molecule has 0 radical (unpaired) electrons. The summed E-state index contributed by atoms with van der Waals surface area (Å²) in [4.78, 5) is 44.9. The van der Waals surface area contributed by atoms with E-state index in [1.165, 1.54) is 11.3 Å².